The molecule has 0 unspecified atom stereocenters. The van der Waals surface area contributed by atoms with Gasteiger partial charge >= 0.3 is 5.97 Å². The van der Waals surface area contributed by atoms with Crippen LogP contribution in [0.25, 0.3) is 6.08 Å². The Hall–Kier alpha value is -2.45. The van der Waals surface area contributed by atoms with Crippen LogP contribution in [0.3, 0.4) is 0 Å². The third-order valence-electron chi connectivity index (χ3n) is 3.63. The summed E-state index contributed by atoms with van der Waals surface area (Å²) < 4.78 is 4.69. The summed E-state index contributed by atoms with van der Waals surface area (Å²) in [5.74, 6) is -0.470. The van der Waals surface area contributed by atoms with E-state index in [9.17, 15) is 9.59 Å². The van der Waals surface area contributed by atoms with E-state index >= 15 is 0 Å². The summed E-state index contributed by atoms with van der Waals surface area (Å²) in [6, 6.07) is 6.91. The maximum absolute atomic E-state index is 12.6. The average Bonchev–Trinajstić information content (AvgIpc) is 3.18. The van der Waals surface area contributed by atoms with Gasteiger partial charge < -0.3 is 4.74 Å². The highest BCUT2D eigenvalue weighted by Gasteiger charge is 2.32. The number of amidine groups is 1. The summed E-state index contributed by atoms with van der Waals surface area (Å²) in [4.78, 5) is 35.2. The quantitative estimate of drug-likeness (QED) is 0.588. The molecule has 0 N–H and O–H groups in total. The minimum absolute atomic E-state index is 0.0819. The number of carbonyl (C=O) groups excluding carboxylic acids is 2. The lowest BCUT2D eigenvalue weighted by molar-refractivity contribution is -0.122. The fraction of sp³-hybridized carbons (Fsp3) is 0.222. The van der Waals surface area contributed by atoms with Crippen molar-refractivity contribution < 1.29 is 14.3 Å². The van der Waals surface area contributed by atoms with Gasteiger partial charge in [0.05, 0.1) is 23.3 Å². The number of aromatic nitrogens is 1. The lowest BCUT2D eigenvalue weighted by Crippen LogP contribution is -2.28. The minimum atomic E-state index is -0.388. The van der Waals surface area contributed by atoms with Crippen LogP contribution >= 0.6 is 23.1 Å². The molecule has 6 nitrogen and oxygen atoms in total. The van der Waals surface area contributed by atoms with Gasteiger partial charge in [-0.2, -0.15) is 4.99 Å². The van der Waals surface area contributed by atoms with E-state index in [1.807, 2.05) is 19.2 Å². The average molecular weight is 387 g/mol. The Balaban J connectivity index is 1.86. The van der Waals surface area contributed by atoms with Gasteiger partial charge in [0.15, 0.2) is 5.17 Å². The summed E-state index contributed by atoms with van der Waals surface area (Å²) in [5.41, 5.74) is 2.21. The number of thioether (sulfide) groups is 1. The Morgan fingerprint density at radius 3 is 2.65 bits per heavy atom. The van der Waals surface area contributed by atoms with Crippen molar-refractivity contribution in [1.82, 2.24) is 9.88 Å². The van der Waals surface area contributed by atoms with E-state index in [4.69, 9.17) is 0 Å². The van der Waals surface area contributed by atoms with Crippen LogP contribution in [0.4, 0.5) is 5.13 Å². The molecule has 1 aliphatic heterocycles. The van der Waals surface area contributed by atoms with Crippen molar-refractivity contribution in [3.63, 3.8) is 0 Å². The molecular weight excluding hydrogens is 370 g/mol. The molecule has 134 valence electrons. The second-order valence-electron chi connectivity index (χ2n) is 5.44. The first-order valence-electron chi connectivity index (χ1n) is 7.92. The Labute approximate surface area is 159 Å². The van der Waals surface area contributed by atoms with Gasteiger partial charge in [-0.1, -0.05) is 12.1 Å². The number of aliphatic imine (C=N–C) groups is 1. The Morgan fingerprint density at radius 2 is 2.08 bits per heavy atom. The van der Waals surface area contributed by atoms with Crippen molar-refractivity contribution >= 4 is 51.4 Å². The molecule has 0 radical (unpaired) electrons. The van der Waals surface area contributed by atoms with E-state index in [0.717, 1.165) is 11.3 Å². The van der Waals surface area contributed by atoms with Crippen LogP contribution in [-0.2, 0) is 9.53 Å². The number of carbonyl (C=O) groups is 2. The molecule has 1 aliphatic rings. The number of rotatable bonds is 4. The van der Waals surface area contributed by atoms with Gasteiger partial charge in [0, 0.05) is 11.9 Å². The van der Waals surface area contributed by atoms with Crippen molar-refractivity contribution in [3.05, 3.63) is 51.4 Å². The Bertz CT molecular complexity index is 901. The Kier molecular flexibility index (Phi) is 5.53. The molecule has 26 heavy (non-hydrogen) atoms. The summed E-state index contributed by atoms with van der Waals surface area (Å²) in [5, 5.41) is 3.20. The first-order chi connectivity index (χ1) is 12.5. The van der Waals surface area contributed by atoms with Crippen LogP contribution < -0.4 is 0 Å². The van der Waals surface area contributed by atoms with Gasteiger partial charge in [-0.25, -0.2) is 9.78 Å². The third-order valence-corrected chi connectivity index (χ3v) is 5.49. The third kappa shape index (κ3) is 3.86. The molecule has 1 amide bonds. The van der Waals surface area contributed by atoms with E-state index in [-0.39, 0.29) is 11.9 Å². The topological polar surface area (TPSA) is 71.9 Å². The van der Waals surface area contributed by atoms with E-state index in [1.54, 1.807) is 35.2 Å². The number of hydrogen-bond donors (Lipinski definition) is 0. The number of nitrogens with zero attached hydrogens (tertiary/aromatic N) is 3. The molecule has 8 heteroatoms. The van der Waals surface area contributed by atoms with Gasteiger partial charge in [-0.05, 0) is 49.4 Å². The first-order valence-corrected chi connectivity index (χ1v) is 9.62. The molecule has 0 saturated carbocycles. The summed E-state index contributed by atoms with van der Waals surface area (Å²) in [7, 11) is 1.34. The standard InChI is InChI=1S/C18H17N3O3S2/c1-4-21-15(22)14(26-18(21)20-17-19-11(2)10-25-17)9-12-5-7-13(8-6-12)16(23)24-3/h5-10H,4H2,1-3H3/b14-9-,20-18+. The number of ether oxygens (including phenoxy) is 1. The number of hydrogen-bond acceptors (Lipinski definition) is 7. The number of esters is 1. The molecule has 1 aromatic heterocycles. The molecule has 0 spiro atoms. The van der Waals surface area contributed by atoms with Crippen molar-refractivity contribution in [2.75, 3.05) is 13.7 Å². The summed E-state index contributed by atoms with van der Waals surface area (Å²) >= 11 is 2.78. The fourth-order valence-corrected chi connectivity index (χ4v) is 4.10. The van der Waals surface area contributed by atoms with Crippen LogP contribution in [0.15, 0.2) is 39.5 Å². The zero-order valence-corrected chi connectivity index (χ0v) is 16.2. The normalized spacial score (nSPS) is 17.3. The van der Waals surface area contributed by atoms with Gasteiger partial charge in [-0.15, -0.1) is 11.3 Å². The Morgan fingerprint density at radius 1 is 1.35 bits per heavy atom. The fourth-order valence-electron chi connectivity index (χ4n) is 2.33. The molecule has 0 aliphatic carbocycles. The number of thiazole rings is 1. The molecule has 3 rings (SSSR count). The second kappa shape index (κ2) is 7.84. The number of aryl methyl sites for hydroxylation is 1. The number of amides is 1. The summed E-state index contributed by atoms with van der Waals surface area (Å²) in [6.07, 6.45) is 1.80. The van der Waals surface area contributed by atoms with Crippen molar-refractivity contribution in [3.8, 4) is 0 Å². The van der Waals surface area contributed by atoms with Gasteiger partial charge in [-0.3, -0.25) is 9.69 Å². The van der Waals surface area contributed by atoms with E-state index < -0.39 is 0 Å². The monoisotopic (exact) mass is 387 g/mol. The molecule has 1 fully saturated rings. The van der Waals surface area contributed by atoms with Crippen LogP contribution in [0.1, 0.15) is 28.5 Å². The minimum Gasteiger partial charge on any atom is -0.465 e. The van der Waals surface area contributed by atoms with Crippen molar-refractivity contribution in [1.29, 1.82) is 0 Å². The molecular formula is C18H17N3O3S2. The zero-order chi connectivity index (χ0) is 18.7. The smallest absolute Gasteiger partial charge is 0.337 e. The lowest BCUT2D eigenvalue weighted by atomic mass is 10.1. The molecule has 0 atom stereocenters. The SMILES string of the molecule is CCN1C(=O)/C(=C/c2ccc(C(=O)OC)cc2)S/C1=N/c1nc(C)cs1. The number of benzene rings is 1. The van der Waals surface area contributed by atoms with Crippen LogP contribution in [0.2, 0.25) is 0 Å². The predicted molar refractivity (Wildman–Crippen MR) is 105 cm³/mol. The maximum Gasteiger partial charge on any atom is 0.337 e. The highest BCUT2D eigenvalue weighted by molar-refractivity contribution is 8.18. The van der Waals surface area contributed by atoms with Crippen LogP contribution in [-0.4, -0.2) is 40.6 Å². The zero-order valence-electron chi connectivity index (χ0n) is 14.6. The van der Waals surface area contributed by atoms with E-state index in [0.29, 0.717) is 27.3 Å². The molecule has 1 aromatic carbocycles. The van der Waals surface area contributed by atoms with Crippen LogP contribution in [0.5, 0.6) is 0 Å². The van der Waals surface area contributed by atoms with Crippen LogP contribution in [0, 0.1) is 6.92 Å². The molecule has 0 bridgehead atoms. The van der Waals surface area contributed by atoms with Crippen molar-refractivity contribution in [2.24, 2.45) is 4.99 Å². The van der Waals surface area contributed by atoms with E-state index in [2.05, 4.69) is 14.7 Å². The predicted octanol–water partition coefficient (Wildman–Crippen LogP) is 3.86. The lowest BCUT2D eigenvalue weighted by Gasteiger charge is -2.11. The van der Waals surface area contributed by atoms with Gasteiger partial charge in [0.25, 0.3) is 5.91 Å². The van der Waals surface area contributed by atoms with E-state index in [1.165, 1.54) is 30.2 Å². The second-order valence-corrected chi connectivity index (χ2v) is 7.29. The highest BCUT2D eigenvalue weighted by Crippen LogP contribution is 2.34. The van der Waals surface area contributed by atoms with Gasteiger partial charge in [0.2, 0.25) is 5.13 Å². The van der Waals surface area contributed by atoms with Gasteiger partial charge in [0.1, 0.15) is 0 Å². The first kappa shape index (κ1) is 18.3. The highest BCUT2D eigenvalue weighted by atomic mass is 32.2. The molecule has 2 heterocycles. The maximum atomic E-state index is 12.6. The molecule has 1 saturated heterocycles. The molecule has 2 aromatic rings. The van der Waals surface area contributed by atoms with Crippen molar-refractivity contribution in [2.45, 2.75) is 13.8 Å². The number of likely N-dealkylation sites (N-methyl/N-ethyl adjacent to an activating group) is 1. The number of methoxy groups -OCH3 is 1. The largest absolute Gasteiger partial charge is 0.465 e. The summed E-state index contributed by atoms with van der Waals surface area (Å²) in [6.45, 7) is 4.36.